The molecular formula is C23H34N4O2. The fraction of sp³-hybridized carbons (Fsp3) is 0.652. The second-order valence-corrected chi connectivity index (χ2v) is 8.76. The molecule has 29 heavy (non-hydrogen) atoms. The summed E-state index contributed by atoms with van der Waals surface area (Å²) in [6.07, 6.45) is 5.59. The van der Waals surface area contributed by atoms with Crippen LogP contribution in [0, 0.1) is 6.92 Å². The average molecular weight is 399 g/mol. The van der Waals surface area contributed by atoms with Crippen LogP contribution in [-0.2, 0) is 16.1 Å². The number of nitrogens with zero attached hydrogens (tertiary/aromatic N) is 3. The van der Waals surface area contributed by atoms with E-state index in [1.54, 1.807) is 0 Å². The molecule has 0 unspecified atom stereocenters. The lowest BCUT2D eigenvalue weighted by atomic mass is 10.0. The molecule has 2 amide bonds. The van der Waals surface area contributed by atoms with Gasteiger partial charge >= 0.3 is 0 Å². The predicted octanol–water partition coefficient (Wildman–Crippen LogP) is 1.77. The van der Waals surface area contributed by atoms with Gasteiger partial charge in [0, 0.05) is 51.9 Å². The monoisotopic (exact) mass is 398 g/mol. The number of carbonyl (C=O) groups is 2. The zero-order valence-electron chi connectivity index (χ0n) is 17.6. The van der Waals surface area contributed by atoms with Gasteiger partial charge in [-0.3, -0.25) is 19.4 Å². The quantitative estimate of drug-likeness (QED) is 0.821. The molecule has 2 heterocycles. The van der Waals surface area contributed by atoms with Gasteiger partial charge in [0.1, 0.15) is 0 Å². The molecule has 4 rings (SSSR count). The highest BCUT2D eigenvalue weighted by Gasteiger charge is 2.34. The van der Waals surface area contributed by atoms with Crippen molar-refractivity contribution in [2.75, 3.05) is 39.3 Å². The Morgan fingerprint density at radius 2 is 1.79 bits per heavy atom. The Morgan fingerprint density at radius 3 is 2.52 bits per heavy atom. The molecule has 2 saturated heterocycles. The van der Waals surface area contributed by atoms with Crippen molar-refractivity contribution >= 4 is 11.8 Å². The maximum absolute atomic E-state index is 13.0. The molecule has 6 heteroatoms. The van der Waals surface area contributed by atoms with Gasteiger partial charge in [0.25, 0.3) is 0 Å². The summed E-state index contributed by atoms with van der Waals surface area (Å²) in [6, 6.07) is 8.64. The average Bonchev–Trinajstić information content (AvgIpc) is 3.27. The summed E-state index contributed by atoms with van der Waals surface area (Å²) in [4.78, 5) is 32.3. The van der Waals surface area contributed by atoms with Crippen LogP contribution in [0.1, 0.15) is 43.2 Å². The van der Waals surface area contributed by atoms with Crippen molar-refractivity contribution < 1.29 is 9.59 Å². The summed E-state index contributed by atoms with van der Waals surface area (Å²) >= 11 is 0. The number of hydrogen-bond acceptors (Lipinski definition) is 4. The molecule has 3 aliphatic rings. The van der Waals surface area contributed by atoms with Crippen LogP contribution < -0.4 is 5.32 Å². The molecule has 0 spiro atoms. The zero-order chi connectivity index (χ0) is 20.2. The van der Waals surface area contributed by atoms with Crippen LogP contribution in [0.15, 0.2) is 24.3 Å². The highest BCUT2D eigenvalue weighted by molar-refractivity contribution is 5.88. The highest BCUT2D eigenvalue weighted by atomic mass is 16.2. The van der Waals surface area contributed by atoms with Gasteiger partial charge < -0.3 is 10.2 Å². The van der Waals surface area contributed by atoms with Crippen molar-refractivity contribution in [3.05, 3.63) is 35.4 Å². The van der Waals surface area contributed by atoms with Crippen molar-refractivity contribution in [3.63, 3.8) is 0 Å². The predicted molar refractivity (Wildman–Crippen MR) is 113 cm³/mol. The minimum absolute atomic E-state index is 0.0113. The molecular weight excluding hydrogens is 364 g/mol. The maximum Gasteiger partial charge on any atom is 0.237 e. The second kappa shape index (κ2) is 9.26. The largest absolute Gasteiger partial charge is 0.353 e. The second-order valence-electron chi connectivity index (χ2n) is 8.76. The molecule has 1 saturated carbocycles. The number of carbonyl (C=O) groups excluding carboxylic acids is 2. The third-order valence-electron chi connectivity index (χ3n) is 6.95. The van der Waals surface area contributed by atoms with Crippen molar-refractivity contribution in [1.29, 1.82) is 0 Å². The summed E-state index contributed by atoms with van der Waals surface area (Å²) in [5, 5.41) is 2.96. The molecule has 0 aromatic heterocycles. The summed E-state index contributed by atoms with van der Waals surface area (Å²) in [6.45, 7) is 7.78. The van der Waals surface area contributed by atoms with Gasteiger partial charge in [0.15, 0.2) is 0 Å². The number of hydrogen-bond donors (Lipinski definition) is 1. The summed E-state index contributed by atoms with van der Waals surface area (Å²) in [5.41, 5.74) is 2.46. The van der Waals surface area contributed by atoms with Gasteiger partial charge in [-0.15, -0.1) is 0 Å². The van der Waals surface area contributed by atoms with E-state index in [9.17, 15) is 9.59 Å². The molecule has 1 aromatic rings. The maximum atomic E-state index is 13.0. The fourth-order valence-electron chi connectivity index (χ4n) is 5.08. The number of nitrogens with one attached hydrogen (secondary N) is 1. The molecule has 1 N–H and O–H groups in total. The summed E-state index contributed by atoms with van der Waals surface area (Å²) in [7, 11) is 0. The van der Waals surface area contributed by atoms with E-state index in [-0.39, 0.29) is 24.3 Å². The van der Waals surface area contributed by atoms with Gasteiger partial charge in [-0.25, -0.2) is 0 Å². The molecule has 158 valence electrons. The van der Waals surface area contributed by atoms with E-state index in [2.05, 4.69) is 34.2 Å². The first-order valence-corrected chi connectivity index (χ1v) is 11.2. The standard InChI is InChI=1S/C23H34N4O2/c1-18-6-2-3-7-19(18)17-27-11-10-24-23(29)21(27)16-22(28)26-14-12-25(13-15-26)20-8-4-5-9-20/h2-3,6-7,20-21H,4-5,8-17H2,1H3,(H,24,29)/t21-/m0/s1. The molecule has 0 radical (unpaired) electrons. The van der Waals surface area contributed by atoms with Crippen molar-refractivity contribution in [1.82, 2.24) is 20.0 Å². The van der Waals surface area contributed by atoms with Crippen LogP contribution in [0.5, 0.6) is 0 Å². The van der Waals surface area contributed by atoms with Crippen LogP contribution in [0.4, 0.5) is 0 Å². The molecule has 1 aliphatic carbocycles. The van der Waals surface area contributed by atoms with E-state index in [0.717, 1.165) is 38.8 Å². The fourth-order valence-corrected chi connectivity index (χ4v) is 5.08. The number of aryl methyl sites for hydroxylation is 1. The van der Waals surface area contributed by atoms with E-state index >= 15 is 0 Å². The molecule has 0 bridgehead atoms. The van der Waals surface area contributed by atoms with Crippen molar-refractivity contribution in [2.45, 2.75) is 57.7 Å². The third-order valence-corrected chi connectivity index (χ3v) is 6.95. The smallest absolute Gasteiger partial charge is 0.237 e. The van der Waals surface area contributed by atoms with Crippen LogP contribution in [0.25, 0.3) is 0 Å². The van der Waals surface area contributed by atoms with E-state index in [1.165, 1.54) is 36.8 Å². The third kappa shape index (κ3) is 4.81. The Hall–Kier alpha value is -1.92. The summed E-state index contributed by atoms with van der Waals surface area (Å²) < 4.78 is 0. The van der Waals surface area contributed by atoms with E-state index in [1.807, 2.05) is 17.0 Å². The van der Waals surface area contributed by atoms with Crippen LogP contribution >= 0.6 is 0 Å². The van der Waals surface area contributed by atoms with Crippen LogP contribution in [0.2, 0.25) is 0 Å². The Balaban J connectivity index is 1.35. The Bertz CT molecular complexity index is 723. The van der Waals surface area contributed by atoms with Crippen LogP contribution in [-0.4, -0.2) is 77.9 Å². The first-order chi connectivity index (χ1) is 14.1. The van der Waals surface area contributed by atoms with E-state index in [4.69, 9.17) is 0 Å². The lowest BCUT2D eigenvalue weighted by molar-refractivity contribution is -0.140. The number of rotatable bonds is 5. The number of amides is 2. The first-order valence-electron chi connectivity index (χ1n) is 11.2. The van der Waals surface area contributed by atoms with E-state index in [0.29, 0.717) is 13.1 Å². The lowest BCUT2D eigenvalue weighted by Gasteiger charge is -2.40. The van der Waals surface area contributed by atoms with Gasteiger partial charge in [-0.2, -0.15) is 0 Å². The van der Waals surface area contributed by atoms with Gasteiger partial charge in [0.2, 0.25) is 11.8 Å². The number of piperazine rings is 2. The topological polar surface area (TPSA) is 55.9 Å². The SMILES string of the molecule is Cc1ccccc1CN1CCNC(=O)[C@@H]1CC(=O)N1CCN(C2CCCC2)CC1. The van der Waals surface area contributed by atoms with Gasteiger partial charge in [-0.1, -0.05) is 37.1 Å². The Labute approximate surface area is 174 Å². The Kier molecular flexibility index (Phi) is 6.50. The van der Waals surface area contributed by atoms with E-state index < -0.39 is 0 Å². The van der Waals surface area contributed by atoms with Gasteiger partial charge in [-0.05, 0) is 30.9 Å². The molecule has 1 aromatic carbocycles. The molecule has 6 nitrogen and oxygen atoms in total. The molecule has 1 atom stereocenters. The minimum Gasteiger partial charge on any atom is -0.353 e. The lowest BCUT2D eigenvalue weighted by Crippen LogP contribution is -2.57. The molecule has 3 fully saturated rings. The first kappa shape index (κ1) is 20.4. The van der Waals surface area contributed by atoms with Crippen molar-refractivity contribution in [3.8, 4) is 0 Å². The van der Waals surface area contributed by atoms with Crippen LogP contribution in [0.3, 0.4) is 0 Å². The van der Waals surface area contributed by atoms with Gasteiger partial charge in [0.05, 0.1) is 12.5 Å². The number of benzene rings is 1. The van der Waals surface area contributed by atoms with Crippen molar-refractivity contribution in [2.24, 2.45) is 0 Å². The molecule has 2 aliphatic heterocycles. The zero-order valence-corrected chi connectivity index (χ0v) is 17.6. The Morgan fingerprint density at radius 1 is 1.07 bits per heavy atom. The highest BCUT2D eigenvalue weighted by Crippen LogP contribution is 2.25. The normalized spacial score (nSPS) is 24.7. The summed E-state index contributed by atoms with van der Waals surface area (Å²) in [5.74, 6) is 0.107. The minimum atomic E-state index is -0.372.